The Morgan fingerprint density at radius 1 is 1.38 bits per heavy atom. The molecule has 1 heterocycles. The SMILES string of the molecule is COCCN(Cc1cccc2c1CCCN2)C(C)C1CC1. The molecule has 3 heteroatoms. The van der Waals surface area contributed by atoms with Crippen LogP contribution in [0.5, 0.6) is 0 Å². The van der Waals surface area contributed by atoms with Gasteiger partial charge in [-0.2, -0.15) is 0 Å². The topological polar surface area (TPSA) is 24.5 Å². The van der Waals surface area contributed by atoms with Gasteiger partial charge in [0.2, 0.25) is 0 Å². The maximum absolute atomic E-state index is 5.32. The number of ether oxygens (including phenoxy) is 1. The minimum atomic E-state index is 0.674. The molecule has 1 saturated carbocycles. The van der Waals surface area contributed by atoms with E-state index in [2.05, 4.69) is 35.3 Å². The normalized spacial score (nSPS) is 19.2. The van der Waals surface area contributed by atoms with Gasteiger partial charge in [-0.1, -0.05) is 12.1 Å². The molecular weight excluding hydrogens is 260 g/mol. The van der Waals surface area contributed by atoms with Crippen molar-refractivity contribution in [3.05, 3.63) is 29.3 Å². The van der Waals surface area contributed by atoms with Gasteiger partial charge in [-0.25, -0.2) is 0 Å². The van der Waals surface area contributed by atoms with Crippen molar-refractivity contribution >= 4 is 5.69 Å². The van der Waals surface area contributed by atoms with Crippen molar-refractivity contribution in [3.63, 3.8) is 0 Å². The number of methoxy groups -OCH3 is 1. The van der Waals surface area contributed by atoms with Crippen molar-refractivity contribution in [2.75, 3.05) is 32.1 Å². The summed E-state index contributed by atoms with van der Waals surface area (Å²) in [7, 11) is 1.80. The Bertz CT molecular complexity index is 470. The van der Waals surface area contributed by atoms with Crippen LogP contribution in [0.15, 0.2) is 18.2 Å². The highest BCUT2D eigenvalue weighted by Crippen LogP contribution is 2.36. The summed E-state index contributed by atoms with van der Waals surface area (Å²) >= 11 is 0. The smallest absolute Gasteiger partial charge is 0.0589 e. The Kier molecular flexibility index (Phi) is 4.81. The van der Waals surface area contributed by atoms with Gasteiger partial charge in [0.25, 0.3) is 0 Å². The van der Waals surface area contributed by atoms with Gasteiger partial charge in [0.15, 0.2) is 0 Å². The van der Waals surface area contributed by atoms with Crippen molar-refractivity contribution in [2.24, 2.45) is 5.92 Å². The Morgan fingerprint density at radius 2 is 2.24 bits per heavy atom. The van der Waals surface area contributed by atoms with Crippen molar-refractivity contribution in [1.29, 1.82) is 0 Å². The molecule has 1 aromatic rings. The van der Waals surface area contributed by atoms with E-state index in [1.807, 2.05) is 0 Å². The third-order valence-electron chi connectivity index (χ3n) is 5.03. The summed E-state index contributed by atoms with van der Waals surface area (Å²) in [6.07, 6.45) is 5.27. The van der Waals surface area contributed by atoms with Crippen LogP contribution in [-0.4, -0.2) is 37.7 Å². The number of fused-ring (bicyclic) bond motifs is 1. The molecule has 0 aromatic heterocycles. The molecular formula is C18H28N2O. The molecule has 0 spiro atoms. The van der Waals surface area contributed by atoms with Gasteiger partial charge in [-0.15, -0.1) is 0 Å². The summed E-state index contributed by atoms with van der Waals surface area (Å²) in [5.74, 6) is 0.902. The molecule has 3 nitrogen and oxygen atoms in total. The quantitative estimate of drug-likeness (QED) is 0.833. The molecule has 116 valence electrons. The van der Waals surface area contributed by atoms with Crippen LogP contribution in [0.3, 0.4) is 0 Å². The fourth-order valence-corrected chi connectivity index (χ4v) is 3.46. The van der Waals surface area contributed by atoms with E-state index in [9.17, 15) is 0 Å². The third-order valence-corrected chi connectivity index (χ3v) is 5.03. The molecule has 0 amide bonds. The number of anilines is 1. The van der Waals surface area contributed by atoms with Crippen LogP contribution in [0.25, 0.3) is 0 Å². The van der Waals surface area contributed by atoms with Gasteiger partial charge in [-0.05, 0) is 55.7 Å². The van der Waals surface area contributed by atoms with Gasteiger partial charge in [-0.3, -0.25) is 4.90 Å². The largest absolute Gasteiger partial charge is 0.385 e. The summed E-state index contributed by atoms with van der Waals surface area (Å²) in [5, 5.41) is 3.54. The van der Waals surface area contributed by atoms with E-state index in [4.69, 9.17) is 4.74 Å². The van der Waals surface area contributed by atoms with Gasteiger partial charge < -0.3 is 10.1 Å². The summed E-state index contributed by atoms with van der Waals surface area (Å²) in [4.78, 5) is 2.62. The monoisotopic (exact) mass is 288 g/mol. The molecule has 1 aromatic carbocycles. The van der Waals surface area contributed by atoms with E-state index in [0.717, 1.165) is 32.2 Å². The number of hydrogen-bond donors (Lipinski definition) is 1. The zero-order valence-electron chi connectivity index (χ0n) is 13.4. The molecule has 1 aliphatic carbocycles. The summed E-state index contributed by atoms with van der Waals surface area (Å²) in [5.41, 5.74) is 4.39. The first-order valence-electron chi connectivity index (χ1n) is 8.37. The first kappa shape index (κ1) is 14.9. The van der Waals surface area contributed by atoms with Gasteiger partial charge in [0, 0.05) is 38.5 Å². The standard InChI is InChI=1S/C18H28N2O/c1-14(15-8-9-15)20(11-12-21-2)13-16-5-3-7-18-17(16)6-4-10-19-18/h3,5,7,14-15,19H,4,6,8-13H2,1-2H3. The second-order valence-corrected chi connectivity index (χ2v) is 6.51. The fourth-order valence-electron chi connectivity index (χ4n) is 3.46. The van der Waals surface area contributed by atoms with Crippen LogP contribution in [0.2, 0.25) is 0 Å². The second-order valence-electron chi connectivity index (χ2n) is 6.51. The van der Waals surface area contributed by atoms with E-state index in [0.29, 0.717) is 6.04 Å². The lowest BCUT2D eigenvalue weighted by atomic mass is 9.97. The average molecular weight is 288 g/mol. The summed E-state index contributed by atoms with van der Waals surface area (Å²) < 4.78 is 5.32. The molecule has 0 radical (unpaired) electrons. The Hall–Kier alpha value is -1.06. The number of benzene rings is 1. The van der Waals surface area contributed by atoms with Crippen molar-refractivity contribution < 1.29 is 4.74 Å². The van der Waals surface area contributed by atoms with Crippen LogP contribution >= 0.6 is 0 Å². The Morgan fingerprint density at radius 3 is 3.00 bits per heavy atom. The Labute approximate surface area is 128 Å². The van der Waals surface area contributed by atoms with E-state index < -0.39 is 0 Å². The summed E-state index contributed by atoms with van der Waals surface area (Å²) in [6.45, 7) is 6.42. The lowest BCUT2D eigenvalue weighted by molar-refractivity contribution is 0.111. The molecule has 1 fully saturated rings. The molecule has 0 bridgehead atoms. The maximum atomic E-state index is 5.32. The van der Waals surface area contributed by atoms with Crippen molar-refractivity contribution in [3.8, 4) is 0 Å². The fraction of sp³-hybridized carbons (Fsp3) is 0.667. The number of hydrogen-bond acceptors (Lipinski definition) is 3. The predicted molar refractivity (Wildman–Crippen MR) is 87.7 cm³/mol. The van der Waals surface area contributed by atoms with Crippen molar-refractivity contribution in [2.45, 2.75) is 45.2 Å². The average Bonchev–Trinajstić information content (AvgIpc) is 3.35. The second kappa shape index (κ2) is 6.80. The lowest BCUT2D eigenvalue weighted by Crippen LogP contribution is -2.37. The number of nitrogens with zero attached hydrogens (tertiary/aromatic N) is 1. The van der Waals surface area contributed by atoms with Crippen LogP contribution in [-0.2, 0) is 17.7 Å². The van der Waals surface area contributed by atoms with E-state index >= 15 is 0 Å². The number of nitrogens with one attached hydrogen (secondary N) is 1. The van der Waals surface area contributed by atoms with Crippen molar-refractivity contribution in [1.82, 2.24) is 4.90 Å². The van der Waals surface area contributed by atoms with Gasteiger partial charge in [0.05, 0.1) is 6.61 Å². The van der Waals surface area contributed by atoms with E-state index in [1.165, 1.54) is 42.5 Å². The summed E-state index contributed by atoms with van der Waals surface area (Å²) in [6, 6.07) is 7.41. The first-order valence-corrected chi connectivity index (χ1v) is 8.37. The predicted octanol–water partition coefficient (Wildman–Crippen LogP) is 3.29. The van der Waals surface area contributed by atoms with E-state index in [-0.39, 0.29) is 0 Å². The third kappa shape index (κ3) is 3.58. The molecule has 1 N–H and O–H groups in total. The van der Waals surface area contributed by atoms with Gasteiger partial charge in [0.1, 0.15) is 0 Å². The zero-order valence-corrected chi connectivity index (χ0v) is 13.4. The molecule has 0 saturated heterocycles. The van der Waals surface area contributed by atoms with Crippen LogP contribution < -0.4 is 5.32 Å². The highest BCUT2D eigenvalue weighted by atomic mass is 16.5. The Balaban J connectivity index is 1.75. The number of rotatable bonds is 7. The van der Waals surface area contributed by atoms with Crippen LogP contribution in [0.4, 0.5) is 5.69 Å². The maximum Gasteiger partial charge on any atom is 0.0589 e. The minimum Gasteiger partial charge on any atom is -0.385 e. The molecule has 3 rings (SSSR count). The molecule has 1 atom stereocenters. The zero-order chi connectivity index (χ0) is 14.7. The molecule has 1 aliphatic heterocycles. The molecule has 21 heavy (non-hydrogen) atoms. The molecule has 1 unspecified atom stereocenters. The highest BCUT2D eigenvalue weighted by Gasteiger charge is 2.32. The van der Waals surface area contributed by atoms with Crippen LogP contribution in [0.1, 0.15) is 37.3 Å². The minimum absolute atomic E-state index is 0.674. The first-order chi connectivity index (χ1) is 10.3. The van der Waals surface area contributed by atoms with Crippen LogP contribution in [0, 0.1) is 5.92 Å². The van der Waals surface area contributed by atoms with Gasteiger partial charge >= 0.3 is 0 Å². The lowest BCUT2D eigenvalue weighted by Gasteiger charge is -2.31. The molecule has 2 aliphatic rings. The highest BCUT2D eigenvalue weighted by molar-refractivity contribution is 5.56. The van der Waals surface area contributed by atoms with E-state index in [1.54, 1.807) is 7.11 Å².